The average molecular weight is 310 g/mol. The van der Waals surface area contributed by atoms with Crippen molar-refractivity contribution in [1.82, 2.24) is 5.32 Å². The van der Waals surface area contributed by atoms with Crippen molar-refractivity contribution >= 4 is 15.9 Å². The first-order valence-electron chi connectivity index (χ1n) is 6.21. The van der Waals surface area contributed by atoms with Crippen molar-refractivity contribution in [3.63, 3.8) is 0 Å². The Balaban J connectivity index is 2.54. The Hall–Kier alpha value is -0.980. The topological polar surface area (TPSA) is 21.3 Å². The molecule has 98 valence electrons. The summed E-state index contributed by atoms with van der Waals surface area (Å²) in [7, 11) is 0. The molecule has 1 rings (SSSR count). The van der Waals surface area contributed by atoms with Gasteiger partial charge >= 0.3 is 0 Å². The molecule has 0 spiro atoms. The van der Waals surface area contributed by atoms with Gasteiger partial charge in [0.25, 0.3) is 0 Å². The SMILES string of the molecule is C#CCCCOc1ccc(Br)c(CNC(C)C)c1. The minimum atomic E-state index is 0.470. The van der Waals surface area contributed by atoms with Crippen LogP contribution in [0.25, 0.3) is 0 Å². The highest BCUT2D eigenvalue weighted by molar-refractivity contribution is 9.10. The zero-order chi connectivity index (χ0) is 13.4. The van der Waals surface area contributed by atoms with Gasteiger partial charge in [0, 0.05) is 23.5 Å². The molecule has 0 aliphatic heterocycles. The van der Waals surface area contributed by atoms with Crippen molar-refractivity contribution in [2.45, 2.75) is 39.3 Å². The number of terminal acetylenes is 1. The van der Waals surface area contributed by atoms with Gasteiger partial charge in [0.2, 0.25) is 0 Å². The number of hydrogen-bond acceptors (Lipinski definition) is 2. The summed E-state index contributed by atoms with van der Waals surface area (Å²) in [5, 5.41) is 3.39. The second-order valence-corrected chi connectivity index (χ2v) is 5.30. The van der Waals surface area contributed by atoms with Gasteiger partial charge in [0.1, 0.15) is 5.75 Å². The normalized spacial score (nSPS) is 10.4. The number of halogens is 1. The lowest BCUT2D eigenvalue weighted by molar-refractivity contribution is 0.312. The zero-order valence-corrected chi connectivity index (χ0v) is 12.6. The number of hydrogen-bond donors (Lipinski definition) is 1. The van der Waals surface area contributed by atoms with Crippen molar-refractivity contribution in [3.05, 3.63) is 28.2 Å². The van der Waals surface area contributed by atoms with Crippen LogP contribution in [0.2, 0.25) is 0 Å². The largest absolute Gasteiger partial charge is 0.494 e. The molecule has 0 heterocycles. The quantitative estimate of drug-likeness (QED) is 0.612. The van der Waals surface area contributed by atoms with Crippen molar-refractivity contribution in [3.8, 4) is 18.1 Å². The third kappa shape index (κ3) is 5.57. The van der Waals surface area contributed by atoms with Gasteiger partial charge in [-0.3, -0.25) is 0 Å². The van der Waals surface area contributed by atoms with E-state index in [1.165, 1.54) is 5.56 Å². The molecule has 1 aromatic rings. The zero-order valence-electron chi connectivity index (χ0n) is 11.0. The molecule has 3 heteroatoms. The Morgan fingerprint density at radius 2 is 2.22 bits per heavy atom. The van der Waals surface area contributed by atoms with E-state index in [1.54, 1.807) is 0 Å². The first-order chi connectivity index (χ1) is 8.63. The van der Waals surface area contributed by atoms with Crippen LogP contribution in [-0.4, -0.2) is 12.6 Å². The summed E-state index contributed by atoms with van der Waals surface area (Å²) in [6, 6.07) is 6.53. The van der Waals surface area contributed by atoms with Gasteiger partial charge in [-0.2, -0.15) is 0 Å². The fourth-order valence-electron chi connectivity index (χ4n) is 1.45. The van der Waals surface area contributed by atoms with E-state index in [4.69, 9.17) is 11.2 Å². The monoisotopic (exact) mass is 309 g/mol. The van der Waals surface area contributed by atoms with Crippen LogP contribution < -0.4 is 10.1 Å². The number of nitrogens with one attached hydrogen (secondary N) is 1. The highest BCUT2D eigenvalue weighted by Crippen LogP contribution is 2.22. The standard InChI is InChI=1S/C15H20BrNO/c1-4-5-6-9-18-14-7-8-15(16)13(10-14)11-17-12(2)3/h1,7-8,10,12,17H,5-6,9,11H2,2-3H3. The highest BCUT2D eigenvalue weighted by Gasteiger charge is 2.03. The fourth-order valence-corrected chi connectivity index (χ4v) is 1.84. The number of unbranched alkanes of at least 4 members (excludes halogenated alkanes) is 1. The summed E-state index contributed by atoms with van der Waals surface area (Å²) >= 11 is 3.55. The Bertz CT molecular complexity index is 409. The summed E-state index contributed by atoms with van der Waals surface area (Å²) in [5.74, 6) is 3.51. The van der Waals surface area contributed by atoms with E-state index in [2.05, 4.69) is 47.1 Å². The summed E-state index contributed by atoms with van der Waals surface area (Å²) in [6.07, 6.45) is 6.86. The minimum Gasteiger partial charge on any atom is -0.494 e. The highest BCUT2D eigenvalue weighted by atomic mass is 79.9. The lowest BCUT2D eigenvalue weighted by Crippen LogP contribution is -2.22. The molecule has 1 N–H and O–H groups in total. The number of rotatable bonds is 7. The molecule has 0 aliphatic carbocycles. The van der Waals surface area contributed by atoms with Crippen molar-refractivity contribution in [1.29, 1.82) is 0 Å². The van der Waals surface area contributed by atoms with Crippen molar-refractivity contribution in [2.24, 2.45) is 0 Å². The molecular formula is C15H20BrNO. The first-order valence-corrected chi connectivity index (χ1v) is 7.01. The van der Waals surface area contributed by atoms with Gasteiger partial charge in [-0.25, -0.2) is 0 Å². The molecule has 0 aliphatic rings. The van der Waals surface area contributed by atoms with Crippen LogP contribution in [0.15, 0.2) is 22.7 Å². The summed E-state index contributed by atoms with van der Waals surface area (Å²) < 4.78 is 6.77. The summed E-state index contributed by atoms with van der Waals surface area (Å²) in [6.45, 7) is 5.77. The number of ether oxygens (including phenoxy) is 1. The van der Waals surface area contributed by atoms with E-state index < -0.39 is 0 Å². The smallest absolute Gasteiger partial charge is 0.119 e. The molecule has 0 aromatic heterocycles. The Labute approximate surface area is 118 Å². The van der Waals surface area contributed by atoms with Crippen LogP contribution in [0.4, 0.5) is 0 Å². The van der Waals surface area contributed by atoms with E-state index in [0.717, 1.165) is 29.6 Å². The van der Waals surface area contributed by atoms with E-state index in [1.807, 2.05) is 12.1 Å². The molecule has 0 radical (unpaired) electrons. The fraction of sp³-hybridized carbons (Fsp3) is 0.467. The number of benzene rings is 1. The molecule has 0 bridgehead atoms. The second-order valence-electron chi connectivity index (χ2n) is 4.44. The predicted octanol–water partition coefficient (Wildman–Crippen LogP) is 3.74. The molecule has 1 aromatic carbocycles. The predicted molar refractivity (Wildman–Crippen MR) is 79.7 cm³/mol. The maximum absolute atomic E-state index is 5.67. The van der Waals surface area contributed by atoms with Gasteiger partial charge in [-0.1, -0.05) is 29.8 Å². The Kier molecular flexibility index (Phi) is 6.85. The lowest BCUT2D eigenvalue weighted by atomic mass is 10.2. The van der Waals surface area contributed by atoms with Crippen LogP contribution in [0, 0.1) is 12.3 Å². The first kappa shape index (κ1) is 15.1. The molecule has 0 saturated carbocycles. The lowest BCUT2D eigenvalue weighted by Gasteiger charge is -2.12. The van der Waals surface area contributed by atoms with Gasteiger partial charge in [-0.15, -0.1) is 12.3 Å². The molecule has 2 nitrogen and oxygen atoms in total. The maximum atomic E-state index is 5.67. The van der Waals surface area contributed by atoms with Crippen LogP contribution in [0.5, 0.6) is 5.75 Å². The van der Waals surface area contributed by atoms with E-state index >= 15 is 0 Å². The Morgan fingerprint density at radius 3 is 2.89 bits per heavy atom. The molecule has 0 saturated heterocycles. The maximum Gasteiger partial charge on any atom is 0.119 e. The average Bonchev–Trinajstić information content (AvgIpc) is 2.34. The van der Waals surface area contributed by atoms with Crippen molar-refractivity contribution in [2.75, 3.05) is 6.61 Å². The molecular weight excluding hydrogens is 290 g/mol. The van der Waals surface area contributed by atoms with E-state index in [-0.39, 0.29) is 0 Å². The molecule has 0 amide bonds. The van der Waals surface area contributed by atoms with Crippen LogP contribution >= 0.6 is 15.9 Å². The third-order valence-electron chi connectivity index (χ3n) is 2.45. The molecule has 0 fully saturated rings. The third-order valence-corrected chi connectivity index (χ3v) is 3.23. The molecule has 18 heavy (non-hydrogen) atoms. The van der Waals surface area contributed by atoms with Crippen LogP contribution in [0.3, 0.4) is 0 Å². The minimum absolute atomic E-state index is 0.470. The van der Waals surface area contributed by atoms with Crippen LogP contribution in [0.1, 0.15) is 32.3 Å². The summed E-state index contributed by atoms with van der Waals surface area (Å²) in [4.78, 5) is 0. The van der Waals surface area contributed by atoms with Gasteiger partial charge in [0.05, 0.1) is 6.61 Å². The van der Waals surface area contributed by atoms with Gasteiger partial charge in [-0.05, 0) is 30.2 Å². The summed E-state index contributed by atoms with van der Waals surface area (Å²) in [5.41, 5.74) is 1.21. The Morgan fingerprint density at radius 1 is 1.44 bits per heavy atom. The van der Waals surface area contributed by atoms with E-state index in [0.29, 0.717) is 12.6 Å². The van der Waals surface area contributed by atoms with Gasteiger partial charge in [0.15, 0.2) is 0 Å². The van der Waals surface area contributed by atoms with E-state index in [9.17, 15) is 0 Å². The molecule has 0 atom stereocenters. The van der Waals surface area contributed by atoms with Crippen LogP contribution in [-0.2, 0) is 6.54 Å². The molecule has 0 unspecified atom stereocenters. The van der Waals surface area contributed by atoms with Gasteiger partial charge < -0.3 is 10.1 Å². The second kappa shape index (κ2) is 8.18. The van der Waals surface area contributed by atoms with Crippen molar-refractivity contribution < 1.29 is 4.74 Å².